The SMILES string of the molecule is CCC1CCCCN1C(=O)C(C)(C)c1c[nH]c2cc(F)ccc12. The minimum absolute atomic E-state index is 0.175. The molecule has 3 rings (SSSR count). The first-order valence-electron chi connectivity index (χ1n) is 8.53. The number of fused-ring (bicyclic) bond motifs is 1. The maximum atomic E-state index is 13.4. The summed E-state index contributed by atoms with van der Waals surface area (Å²) >= 11 is 0. The van der Waals surface area contributed by atoms with E-state index in [9.17, 15) is 9.18 Å². The lowest BCUT2D eigenvalue weighted by molar-refractivity contribution is -0.140. The van der Waals surface area contributed by atoms with E-state index in [1.54, 1.807) is 6.07 Å². The number of nitrogens with zero attached hydrogens (tertiary/aromatic N) is 1. The van der Waals surface area contributed by atoms with Crippen LogP contribution in [0.15, 0.2) is 24.4 Å². The summed E-state index contributed by atoms with van der Waals surface area (Å²) < 4.78 is 13.4. The van der Waals surface area contributed by atoms with E-state index >= 15 is 0 Å². The lowest BCUT2D eigenvalue weighted by atomic mass is 9.81. The normalized spacial score (nSPS) is 19.3. The average molecular weight is 316 g/mol. The summed E-state index contributed by atoms with van der Waals surface area (Å²) in [5, 5.41) is 0.926. The zero-order valence-electron chi connectivity index (χ0n) is 14.2. The molecule has 1 aromatic heterocycles. The Morgan fingerprint density at radius 2 is 2.17 bits per heavy atom. The number of halogens is 1. The van der Waals surface area contributed by atoms with Gasteiger partial charge in [-0.2, -0.15) is 0 Å². The molecule has 124 valence electrons. The van der Waals surface area contributed by atoms with Crippen LogP contribution in [0.5, 0.6) is 0 Å². The van der Waals surface area contributed by atoms with Gasteiger partial charge >= 0.3 is 0 Å². The number of piperidine rings is 1. The number of amides is 1. The van der Waals surface area contributed by atoms with Gasteiger partial charge in [0.25, 0.3) is 0 Å². The summed E-state index contributed by atoms with van der Waals surface area (Å²) in [5.41, 5.74) is 1.06. The van der Waals surface area contributed by atoms with Gasteiger partial charge in [0.15, 0.2) is 0 Å². The summed E-state index contributed by atoms with van der Waals surface area (Å²) in [6.07, 6.45) is 6.23. The van der Waals surface area contributed by atoms with Crippen LogP contribution in [0, 0.1) is 5.82 Å². The van der Waals surface area contributed by atoms with Crippen molar-refractivity contribution in [2.75, 3.05) is 6.54 Å². The van der Waals surface area contributed by atoms with Gasteiger partial charge in [-0.05, 0) is 63.3 Å². The number of likely N-dealkylation sites (tertiary alicyclic amines) is 1. The second-order valence-corrected chi connectivity index (χ2v) is 7.07. The number of carbonyl (C=O) groups is 1. The van der Waals surface area contributed by atoms with Gasteiger partial charge in [0.2, 0.25) is 5.91 Å². The molecule has 2 aromatic rings. The number of nitrogens with one attached hydrogen (secondary N) is 1. The minimum Gasteiger partial charge on any atom is -0.361 e. The van der Waals surface area contributed by atoms with Gasteiger partial charge < -0.3 is 9.88 Å². The van der Waals surface area contributed by atoms with Crippen LogP contribution in [0.2, 0.25) is 0 Å². The highest BCUT2D eigenvalue weighted by Gasteiger charge is 2.38. The van der Waals surface area contributed by atoms with E-state index in [1.807, 2.05) is 20.0 Å². The van der Waals surface area contributed by atoms with Gasteiger partial charge in [-0.25, -0.2) is 4.39 Å². The summed E-state index contributed by atoms with van der Waals surface area (Å²) in [6.45, 7) is 6.95. The minimum atomic E-state index is -0.624. The topological polar surface area (TPSA) is 36.1 Å². The molecule has 0 spiro atoms. The first-order valence-corrected chi connectivity index (χ1v) is 8.53. The highest BCUT2D eigenvalue weighted by molar-refractivity contribution is 5.94. The Hall–Kier alpha value is -1.84. The van der Waals surface area contributed by atoms with Crippen LogP contribution >= 0.6 is 0 Å². The Morgan fingerprint density at radius 1 is 1.39 bits per heavy atom. The smallest absolute Gasteiger partial charge is 0.232 e. The van der Waals surface area contributed by atoms with Crippen molar-refractivity contribution in [1.82, 2.24) is 9.88 Å². The number of aromatic nitrogens is 1. The highest BCUT2D eigenvalue weighted by Crippen LogP contribution is 2.34. The first-order chi connectivity index (χ1) is 10.9. The third kappa shape index (κ3) is 2.75. The van der Waals surface area contributed by atoms with Gasteiger partial charge in [-0.1, -0.05) is 6.92 Å². The number of hydrogen-bond donors (Lipinski definition) is 1. The van der Waals surface area contributed by atoms with E-state index < -0.39 is 5.41 Å². The average Bonchev–Trinajstić information content (AvgIpc) is 2.97. The second kappa shape index (κ2) is 5.99. The molecule has 0 aliphatic carbocycles. The van der Waals surface area contributed by atoms with E-state index in [1.165, 1.54) is 18.6 Å². The van der Waals surface area contributed by atoms with Crippen molar-refractivity contribution in [3.63, 3.8) is 0 Å². The largest absolute Gasteiger partial charge is 0.361 e. The summed E-state index contributed by atoms with van der Waals surface area (Å²) in [7, 11) is 0. The maximum absolute atomic E-state index is 13.4. The monoisotopic (exact) mass is 316 g/mol. The molecule has 0 bridgehead atoms. The molecule has 1 aliphatic heterocycles. The van der Waals surface area contributed by atoms with Crippen molar-refractivity contribution < 1.29 is 9.18 Å². The molecule has 0 radical (unpaired) electrons. The second-order valence-electron chi connectivity index (χ2n) is 7.07. The molecule has 23 heavy (non-hydrogen) atoms. The van der Waals surface area contributed by atoms with Crippen LogP contribution in [-0.2, 0) is 10.2 Å². The molecule has 1 N–H and O–H groups in total. The van der Waals surface area contributed by atoms with E-state index in [2.05, 4.69) is 16.8 Å². The summed E-state index contributed by atoms with van der Waals surface area (Å²) in [5.74, 6) is -0.0913. The van der Waals surface area contributed by atoms with Crippen molar-refractivity contribution in [2.45, 2.75) is 57.9 Å². The molecule has 1 atom stereocenters. The predicted octanol–water partition coefficient (Wildman–Crippen LogP) is 4.38. The fourth-order valence-corrected chi connectivity index (χ4v) is 3.78. The quantitative estimate of drug-likeness (QED) is 0.896. The molecule has 1 fully saturated rings. The van der Waals surface area contributed by atoms with E-state index in [-0.39, 0.29) is 11.7 Å². The Kier molecular flexibility index (Phi) is 4.17. The molecule has 1 saturated heterocycles. The molecule has 1 unspecified atom stereocenters. The maximum Gasteiger partial charge on any atom is 0.232 e. The Bertz CT molecular complexity index is 719. The molecule has 2 heterocycles. The molecule has 4 heteroatoms. The van der Waals surface area contributed by atoms with Gasteiger partial charge in [0.05, 0.1) is 5.41 Å². The van der Waals surface area contributed by atoms with E-state index in [0.717, 1.165) is 42.3 Å². The third-order valence-electron chi connectivity index (χ3n) is 5.21. The van der Waals surface area contributed by atoms with Crippen LogP contribution in [-0.4, -0.2) is 28.4 Å². The zero-order valence-corrected chi connectivity index (χ0v) is 14.2. The standard InChI is InChI=1S/C19H25FN2O/c1-4-14-7-5-6-10-22(14)18(23)19(2,3)16-12-21-17-11-13(20)8-9-15(16)17/h8-9,11-12,14,21H,4-7,10H2,1-3H3. The zero-order chi connectivity index (χ0) is 16.6. The number of rotatable bonds is 3. The van der Waals surface area contributed by atoms with Gasteiger partial charge in [-0.15, -0.1) is 0 Å². The lowest BCUT2D eigenvalue weighted by Crippen LogP contribution is -2.50. The van der Waals surface area contributed by atoms with Crippen LogP contribution in [0.25, 0.3) is 10.9 Å². The summed E-state index contributed by atoms with van der Waals surface area (Å²) in [6, 6.07) is 5.04. The molecule has 1 aliphatic rings. The fraction of sp³-hybridized carbons (Fsp3) is 0.526. The van der Waals surface area contributed by atoms with Gasteiger partial charge in [-0.3, -0.25) is 4.79 Å². The molecule has 3 nitrogen and oxygen atoms in total. The highest BCUT2D eigenvalue weighted by atomic mass is 19.1. The van der Waals surface area contributed by atoms with Gasteiger partial charge in [0, 0.05) is 29.7 Å². The Balaban J connectivity index is 1.97. The first kappa shape index (κ1) is 16.0. The molecular weight excluding hydrogens is 291 g/mol. The number of H-pyrrole nitrogens is 1. The van der Waals surface area contributed by atoms with Crippen molar-refractivity contribution in [3.05, 3.63) is 35.8 Å². The summed E-state index contributed by atoms with van der Waals surface area (Å²) in [4.78, 5) is 18.4. The van der Waals surface area contributed by atoms with Crippen molar-refractivity contribution >= 4 is 16.8 Å². The van der Waals surface area contributed by atoms with Crippen LogP contribution in [0.1, 0.15) is 52.0 Å². The Labute approximate surface area is 136 Å². The van der Waals surface area contributed by atoms with Crippen molar-refractivity contribution in [3.8, 4) is 0 Å². The van der Waals surface area contributed by atoms with Crippen molar-refractivity contribution in [2.24, 2.45) is 0 Å². The van der Waals surface area contributed by atoms with Crippen LogP contribution < -0.4 is 0 Å². The predicted molar refractivity (Wildman–Crippen MR) is 90.9 cm³/mol. The number of aromatic amines is 1. The van der Waals surface area contributed by atoms with E-state index in [4.69, 9.17) is 0 Å². The molecular formula is C19H25FN2O. The lowest BCUT2D eigenvalue weighted by Gasteiger charge is -2.40. The fourth-order valence-electron chi connectivity index (χ4n) is 3.78. The van der Waals surface area contributed by atoms with Gasteiger partial charge in [0.1, 0.15) is 5.82 Å². The molecule has 0 saturated carbocycles. The molecule has 1 amide bonds. The van der Waals surface area contributed by atoms with E-state index in [0.29, 0.717) is 6.04 Å². The van der Waals surface area contributed by atoms with Crippen LogP contribution in [0.3, 0.4) is 0 Å². The van der Waals surface area contributed by atoms with Crippen LogP contribution in [0.4, 0.5) is 4.39 Å². The Morgan fingerprint density at radius 3 is 2.91 bits per heavy atom. The van der Waals surface area contributed by atoms with Crippen molar-refractivity contribution in [1.29, 1.82) is 0 Å². The number of benzene rings is 1. The number of carbonyl (C=O) groups excluding carboxylic acids is 1. The molecule has 1 aromatic carbocycles. The number of hydrogen-bond acceptors (Lipinski definition) is 1. The third-order valence-corrected chi connectivity index (χ3v) is 5.21.